The molecule has 1 aliphatic heterocycles. The molecule has 4 nitrogen and oxygen atoms in total. The highest BCUT2D eigenvalue weighted by Gasteiger charge is 2.51. The lowest BCUT2D eigenvalue weighted by Gasteiger charge is -2.54. The molecule has 0 spiro atoms. The molecule has 0 saturated carbocycles. The molecule has 122 valence electrons. The van der Waals surface area contributed by atoms with Crippen molar-refractivity contribution in [2.75, 3.05) is 13.7 Å². The number of rotatable bonds is 5. The average Bonchev–Trinajstić information content (AvgIpc) is 2.42. The van der Waals surface area contributed by atoms with Crippen LogP contribution in [-0.2, 0) is 4.79 Å². The summed E-state index contributed by atoms with van der Waals surface area (Å²) in [6.07, 6.45) is 0.600. The highest BCUT2D eigenvalue weighted by molar-refractivity contribution is 6.79. The first-order valence-corrected chi connectivity index (χ1v) is 10.7. The van der Waals surface area contributed by atoms with Crippen LogP contribution < -0.4 is 9.47 Å². The highest BCUT2D eigenvalue weighted by Crippen LogP contribution is 2.42. The van der Waals surface area contributed by atoms with Crippen LogP contribution in [-0.4, -0.2) is 38.5 Å². The second-order valence-corrected chi connectivity index (χ2v) is 12.5. The predicted molar refractivity (Wildman–Crippen MR) is 90.9 cm³/mol. The van der Waals surface area contributed by atoms with Gasteiger partial charge in [-0.3, -0.25) is 4.79 Å². The van der Waals surface area contributed by atoms with E-state index in [1.807, 2.05) is 24.3 Å². The first kappa shape index (κ1) is 16.9. The van der Waals surface area contributed by atoms with Gasteiger partial charge in [0, 0.05) is 6.42 Å². The van der Waals surface area contributed by atoms with Gasteiger partial charge in [-0.25, -0.2) is 0 Å². The molecule has 1 aliphatic rings. The Morgan fingerprint density at radius 3 is 2.18 bits per heavy atom. The molecule has 1 aromatic rings. The van der Waals surface area contributed by atoms with E-state index in [9.17, 15) is 4.79 Å². The largest absolute Gasteiger partial charge is 0.497 e. The Kier molecular flexibility index (Phi) is 4.56. The van der Waals surface area contributed by atoms with Gasteiger partial charge in [-0.2, -0.15) is 0 Å². The molecule has 1 fully saturated rings. The number of ether oxygens (including phenoxy) is 2. The van der Waals surface area contributed by atoms with Crippen molar-refractivity contribution >= 4 is 14.1 Å². The number of nitrogens with zero attached hydrogens (tertiary/aromatic N) is 1. The van der Waals surface area contributed by atoms with E-state index in [1.54, 1.807) is 7.11 Å². The van der Waals surface area contributed by atoms with Gasteiger partial charge in [0.05, 0.1) is 13.2 Å². The zero-order chi connectivity index (χ0) is 16.5. The summed E-state index contributed by atoms with van der Waals surface area (Å²) in [6.45, 7) is 11.8. The van der Waals surface area contributed by atoms with Gasteiger partial charge in [-0.1, -0.05) is 33.9 Å². The fraction of sp³-hybridized carbons (Fsp3) is 0.588. The number of carbonyl (C=O) groups is 1. The fourth-order valence-electron chi connectivity index (χ4n) is 2.61. The monoisotopic (exact) mass is 321 g/mol. The molecule has 22 heavy (non-hydrogen) atoms. The van der Waals surface area contributed by atoms with Gasteiger partial charge >= 0.3 is 0 Å². The lowest BCUT2D eigenvalue weighted by Crippen LogP contribution is -2.69. The number of hydrogen-bond acceptors (Lipinski definition) is 3. The second kappa shape index (κ2) is 5.95. The Morgan fingerprint density at radius 2 is 1.73 bits per heavy atom. The predicted octanol–water partition coefficient (Wildman–Crippen LogP) is 3.68. The highest BCUT2D eigenvalue weighted by atomic mass is 28.3. The maximum absolute atomic E-state index is 12.1. The average molecular weight is 321 g/mol. The van der Waals surface area contributed by atoms with Crippen molar-refractivity contribution in [3.63, 3.8) is 0 Å². The molecule has 2 rings (SSSR count). The molecular weight excluding hydrogens is 294 g/mol. The van der Waals surface area contributed by atoms with Crippen LogP contribution in [0.15, 0.2) is 24.3 Å². The van der Waals surface area contributed by atoms with Crippen LogP contribution in [0.5, 0.6) is 11.5 Å². The molecule has 1 aromatic carbocycles. The molecule has 0 aromatic heterocycles. The molecule has 5 heteroatoms. The number of methoxy groups -OCH3 is 1. The van der Waals surface area contributed by atoms with Gasteiger partial charge in [0.1, 0.15) is 18.1 Å². The molecule has 0 unspecified atom stereocenters. The number of carbonyl (C=O) groups excluding carboxylic acids is 1. The first-order chi connectivity index (χ1) is 10.2. The Hall–Kier alpha value is -1.49. The van der Waals surface area contributed by atoms with E-state index in [-0.39, 0.29) is 17.0 Å². The number of benzene rings is 1. The SMILES string of the molecule is COc1ccc(OC[C@@H]2CC(=O)N2[Si](C)(C)C(C)(C)C)cc1. The lowest BCUT2D eigenvalue weighted by molar-refractivity contribution is -0.140. The Labute approximate surface area is 134 Å². The normalized spacial score (nSPS) is 18.9. The van der Waals surface area contributed by atoms with Crippen LogP contribution in [0.4, 0.5) is 0 Å². The van der Waals surface area contributed by atoms with Crippen LogP contribution in [0.1, 0.15) is 27.2 Å². The molecule has 1 atom stereocenters. The summed E-state index contributed by atoms with van der Waals surface area (Å²) in [7, 11) is -0.171. The van der Waals surface area contributed by atoms with Gasteiger partial charge in [0.25, 0.3) is 0 Å². The third-order valence-corrected chi connectivity index (χ3v) is 10.5. The van der Waals surface area contributed by atoms with Crippen LogP contribution in [0, 0.1) is 0 Å². The van der Waals surface area contributed by atoms with E-state index < -0.39 is 8.24 Å². The summed E-state index contributed by atoms with van der Waals surface area (Å²) in [5.74, 6) is 1.90. The minimum atomic E-state index is -1.82. The molecule has 0 bridgehead atoms. The summed E-state index contributed by atoms with van der Waals surface area (Å²) in [5, 5.41) is 0.154. The second-order valence-electron chi connectivity index (χ2n) is 7.42. The minimum Gasteiger partial charge on any atom is -0.497 e. The van der Waals surface area contributed by atoms with E-state index in [1.165, 1.54) is 0 Å². The summed E-state index contributed by atoms with van der Waals surface area (Å²) in [4.78, 5) is 12.1. The molecular formula is C17H27NO3Si. The van der Waals surface area contributed by atoms with E-state index in [2.05, 4.69) is 38.4 Å². The minimum absolute atomic E-state index is 0.154. The fourth-order valence-corrected chi connectivity index (χ4v) is 5.13. The molecule has 1 amide bonds. The molecule has 0 N–H and O–H groups in total. The summed E-state index contributed by atoms with van der Waals surface area (Å²) in [5.41, 5.74) is 0. The smallest absolute Gasteiger partial charge is 0.217 e. The third-order valence-electron chi connectivity index (χ3n) is 4.98. The Bertz CT molecular complexity index is 534. The summed E-state index contributed by atoms with van der Waals surface area (Å²) < 4.78 is 13.1. The topological polar surface area (TPSA) is 38.8 Å². The van der Waals surface area contributed by atoms with Crippen molar-refractivity contribution in [2.45, 2.75) is 51.4 Å². The number of β-lactam (4-membered cyclic amide) rings is 1. The van der Waals surface area contributed by atoms with Crippen molar-refractivity contribution in [1.29, 1.82) is 0 Å². The molecule has 1 heterocycles. The van der Waals surface area contributed by atoms with Crippen molar-refractivity contribution in [3.05, 3.63) is 24.3 Å². The maximum Gasteiger partial charge on any atom is 0.217 e. The molecule has 0 aliphatic carbocycles. The van der Waals surface area contributed by atoms with Gasteiger partial charge in [0.2, 0.25) is 5.91 Å². The van der Waals surface area contributed by atoms with Crippen molar-refractivity contribution in [2.24, 2.45) is 0 Å². The van der Waals surface area contributed by atoms with Crippen LogP contribution in [0.2, 0.25) is 18.1 Å². The van der Waals surface area contributed by atoms with E-state index in [0.717, 1.165) is 11.5 Å². The standard InChI is InChI=1S/C17H27NO3Si/c1-17(2,3)22(5,6)18-13(11-16(18)19)12-21-15-9-7-14(20-4)8-10-15/h7-10,13H,11-12H2,1-6H3/t13-/m0/s1. The van der Waals surface area contributed by atoms with E-state index >= 15 is 0 Å². The number of amides is 1. The lowest BCUT2D eigenvalue weighted by atomic mass is 10.1. The van der Waals surface area contributed by atoms with Crippen LogP contribution in [0.25, 0.3) is 0 Å². The van der Waals surface area contributed by atoms with E-state index in [4.69, 9.17) is 9.47 Å². The Morgan fingerprint density at radius 1 is 1.18 bits per heavy atom. The quantitative estimate of drug-likeness (QED) is 0.613. The maximum atomic E-state index is 12.1. The van der Waals surface area contributed by atoms with Crippen molar-refractivity contribution in [3.8, 4) is 11.5 Å². The van der Waals surface area contributed by atoms with Gasteiger partial charge in [-0.05, 0) is 29.3 Å². The Balaban J connectivity index is 1.99. The van der Waals surface area contributed by atoms with Crippen LogP contribution >= 0.6 is 0 Å². The number of hydrogen-bond donors (Lipinski definition) is 0. The molecule has 1 saturated heterocycles. The van der Waals surface area contributed by atoms with E-state index in [0.29, 0.717) is 13.0 Å². The zero-order valence-electron chi connectivity index (χ0n) is 14.5. The van der Waals surface area contributed by atoms with Crippen LogP contribution in [0.3, 0.4) is 0 Å². The summed E-state index contributed by atoms with van der Waals surface area (Å²) in [6, 6.07) is 7.77. The third kappa shape index (κ3) is 3.14. The van der Waals surface area contributed by atoms with Gasteiger partial charge in [0.15, 0.2) is 8.24 Å². The zero-order valence-corrected chi connectivity index (χ0v) is 15.5. The first-order valence-electron chi connectivity index (χ1n) is 7.76. The van der Waals surface area contributed by atoms with Crippen molar-refractivity contribution in [1.82, 2.24) is 4.57 Å². The summed E-state index contributed by atoms with van der Waals surface area (Å²) >= 11 is 0. The molecule has 0 radical (unpaired) electrons. The van der Waals surface area contributed by atoms with Gasteiger partial charge < -0.3 is 14.0 Å². The van der Waals surface area contributed by atoms with Crippen molar-refractivity contribution < 1.29 is 14.3 Å². The van der Waals surface area contributed by atoms with Gasteiger partial charge in [-0.15, -0.1) is 0 Å².